The van der Waals surface area contributed by atoms with Crippen LogP contribution in [0, 0.1) is 0 Å². The molecule has 1 aromatic heterocycles. The van der Waals surface area contributed by atoms with Crippen LogP contribution in [-0.2, 0) is 0 Å². The zero-order valence-corrected chi connectivity index (χ0v) is 11.4. The predicted molar refractivity (Wildman–Crippen MR) is 82.2 cm³/mol. The number of ether oxygens (including phenoxy) is 1. The standard InChI is InChI=1S/C17H13NO3/c1-20-13-6-4-5-12(11-13)9-10-16-18-15-8-3-2-7-14(15)17(19)21-16/h2-11H,1H3/b10-9+. The first-order chi connectivity index (χ1) is 10.3. The number of aromatic nitrogens is 1. The molecule has 3 rings (SSSR count). The Morgan fingerprint density at radius 2 is 1.95 bits per heavy atom. The molecular formula is C17H13NO3. The van der Waals surface area contributed by atoms with Crippen LogP contribution in [0.15, 0.2) is 57.7 Å². The Balaban J connectivity index is 1.97. The first kappa shape index (κ1) is 13.1. The molecule has 0 saturated heterocycles. The number of fused-ring (bicyclic) bond motifs is 1. The minimum atomic E-state index is -0.383. The number of methoxy groups -OCH3 is 1. The Hall–Kier alpha value is -2.88. The lowest BCUT2D eigenvalue weighted by Gasteiger charge is -2.00. The van der Waals surface area contributed by atoms with Gasteiger partial charge in [0, 0.05) is 6.08 Å². The molecule has 21 heavy (non-hydrogen) atoms. The van der Waals surface area contributed by atoms with Crippen molar-refractivity contribution in [3.05, 3.63) is 70.4 Å². The van der Waals surface area contributed by atoms with Crippen molar-refractivity contribution in [2.45, 2.75) is 0 Å². The van der Waals surface area contributed by atoms with Crippen molar-refractivity contribution in [2.75, 3.05) is 7.11 Å². The van der Waals surface area contributed by atoms with Gasteiger partial charge in [0.05, 0.1) is 18.0 Å². The van der Waals surface area contributed by atoms with Gasteiger partial charge in [-0.1, -0.05) is 24.3 Å². The van der Waals surface area contributed by atoms with E-state index < -0.39 is 0 Å². The van der Waals surface area contributed by atoms with Gasteiger partial charge in [-0.2, -0.15) is 0 Å². The Morgan fingerprint density at radius 3 is 2.81 bits per heavy atom. The van der Waals surface area contributed by atoms with Crippen LogP contribution in [0.3, 0.4) is 0 Å². The third kappa shape index (κ3) is 2.84. The van der Waals surface area contributed by atoms with E-state index in [0.29, 0.717) is 10.9 Å². The van der Waals surface area contributed by atoms with E-state index >= 15 is 0 Å². The van der Waals surface area contributed by atoms with Gasteiger partial charge >= 0.3 is 5.63 Å². The monoisotopic (exact) mass is 279 g/mol. The van der Waals surface area contributed by atoms with Crippen LogP contribution < -0.4 is 10.4 Å². The van der Waals surface area contributed by atoms with Crippen molar-refractivity contribution < 1.29 is 9.15 Å². The topological polar surface area (TPSA) is 52.3 Å². The normalized spacial score (nSPS) is 11.1. The number of rotatable bonds is 3. The van der Waals surface area contributed by atoms with E-state index in [1.165, 1.54) is 0 Å². The van der Waals surface area contributed by atoms with Crippen molar-refractivity contribution in [1.82, 2.24) is 4.98 Å². The van der Waals surface area contributed by atoms with Crippen molar-refractivity contribution >= 4 is 23.1 Å². The quantitative estimate of drug-likeness (QED) is 0.737. The summed E-state index contributed by atoms with van der Waals surface area (Å²) in [6.07, 6.45) is 3.49. The third-order valence-electron chi connectivity index (χ3n) is 3.06. The van der Waals surface area contributed by atoms with Crippen LogP contribution in [0.25, 0.3) is 23.1 Å². The van der Waals surface area contributed by atoms with E-state index in [2.05, 4.69) is 4.98 Å². The van der Waals surface area contributed by atoms with Gasteiger partial charge in [-0.25, -0.2) is 9.78 Å². The van der Waals surface area contributed by atoms with E-state index in [4.69, 9.17) is 9.15 Å². The van der Waals surface area contributed by atoms with E-state index in [-0.39, 0.29) is 11.5 Å². The molecule has 0 aliphatic carbocycles. The molecule has 0 fully saturated rings. The second-order valence-corrected chi connectivity index (χ2v) is 4.47. The van der Waals surface area contributed by atoms with Crippen molar-refractivity contribution in [3.8, 4) is 5.75 Å². The van der Waals surface area contributed by atoms with Gasteiger partial charge < -0.3 is 9.15 Å². The summed E-state index contributed by atoms with van der Waals surface area (Å²) in [6, 6.07) is 14.7. The summed E-state index contributed by atoms with van der Waals surface area (Å²) in [6.45, 7) is 0. The molecule has 0 N–H and O–H groups in total. The minimum Gasteiger partial charge on any atom is -0.497 e. The summed E-state index contributed by atoms with van der Waals surface area (Å²) < 4.78 is 10.3. The molecule has 0 radical (unpaired) electrons. The maximum atomic E-state index is 11.9. The Bertz CT molecular complexity index is 865. The van der Waals surface area contributed by atoms with Crippen LogP contribution in [0.2, 0.25) is 0 Å². The molecule has 0 spiro atoms. The molecule has 1 heterocycles. The Labute approximate surface area is 121 Å². The SMILES string of the molecule is COc1cccc(/C=C/c2nc3ccccc3c(=O)o2)c1. The number of hydrogen-bond acceptors (Lipinski definition) is 4. The molecule has 4 nitrogen and oxygen atoms in total. The lowest BCUT2D eigenvalue weighted by atomic mass is 10.2. The molecule has 0 unspecified atom stereocenters. The van der Waals surface area contributed by atoms with Crippen LogP contribution in [-0.4, -0.2) is 12.1 Å². The van der Waals surface area contributed by atoms with Gasteiger partial charge in [0.25, 0.3) is 0 Å². The number of nitrogens with zero attached hydrogens (tertiary/aromatic N) is 1. The fourth-order valence-electron chi connectivity index (χ4n) is 2.02. The fraction of sp³-hybridized carbons (Fsp3) is 0.0588. The van der Waals surface area contributed by atoms with Crippen LogP contribution in [0.5, 0.6) is 5.75 Å². The van der Waals surface area contributed by atoms with Gasteiger partial charge in [-0.3, -0.25) is 0 Å². The Morgan fingerprint density at radius 1 is 1.10 bits per heavy atom. The summed E-state index contributed by atoms with van der Waals surface area (Å²) in [5.41, 5.74) is 1.18. The van der Waals surface area contributed by atoms with Crippen molar-refractivity contribution in [1.29, 1.82) is 0 Å². The molecular weight excluding hydrogens is 266 g/mol. The maximum Gasteiger partial charge on any atom is 0.347 e. The molecule has 0 amide bonds. The highest BCUT2D eigenvalue weighted by Gasteiger charge is 2.02. The van der Waals surface area contributed by atoms with Crippen LogP contribution >= 0.6 is 0 Å². The predicted octanol–water partition coefficient (Wildman–Crippen LogP) is 3.37. The minimum absolute atomic E-state index is 0.279. The molecule has 3 aromatic rings. The smallest absolute Gasteiger partial charge is 0.347 e. The fourth-order valence-corrected chi connectivity index (χ4v) is 2.02. The zero-order valence-electron chi connectivity index (χ0n) is 11.4. The summed E-state index contributed by atoms with van der Waals surface area (Å²) >= 11 is 0. The molecule has 0 aliphatic heterocycles. The first-order valence-corrected chi connectivity index (χ1v) is 6.48. The van der Waals surface area contributed by atoms with Gasteiger partial charge in [-0.05, 0) is 35.9 Å². The Kier molecular flexibility index (Phi) is 3.51. The van der Waals surface area contributed by atoms with Gasteiger partial charge in [0.1, 0.15) is 5.75 Å². The third-order valence-corrected chi connectivity index (χ3v) is 3.06. The second kappa shape index (κ2) is 5.63. The molecule has 0 bridgehead atoms. The van der Waals surface area contributed by atoms with Crippen molar-refractivity contribution in [2.24, 2.45) is 0 Å². The molecule has 0 aliphatic rings. The van der Waals surface area contributed by atoms with Gasteiger partial charge in [-0.15, -0.1) is 0 Å². The summed E-state index contributed by atoms with van der Waals surface area (Å²) in [5.74, 6) is 1.05. The summed E-state index contributed by atoms with van der Waals surface area (Å²) in [4.78, 5) is 16.2. The largest absolute Gasteiger partial charge is 0.497 e. The average molecular weight is 279 g/mol. The second-order valence-electron chi connectivity index (χ2n) is 4.47. The molecule has 4 heteroatoms. The molecule has 0 saturated carbocycles. The van der Waals surface area contributed by atoms with Crippen LogP contribution in [0.4, 0.5) is 0 Å². The maximum absolute atomic E-state index is 11.9. The number of benzene rings is 2. The number of para-hydroxylation sites is 1. The van der Waals surface area contributed by atoms with Gasteiger partial charge in [0.15, 0.2) is 0 Å². The lowest BCUT2D eigenvalue weighted by Crippen LogP contribution is -2.02. The highest BCUT2D eigenvalue weighted by atomic mass is 16.5. The first-order valence-electron chi connectivity index (χ1n) is 6.48. The molecule has 104 valence electrons. The van der Waals surface area contributed by atoms with E-state index in [9.17, 15) is 4.79 Å². The average Bonchev–Trinajstić information content (AvgIpc) is 2.53. The summed E-state index contributed by atoms with van der Waals surface area (Å²) in [5, 5.41) is 0.482. The van der Waals surface area contributed by atoms with Crippen molar-refractivity contribution in [3.63, 3.8) is 0 Å². The van der Waals surface area contributed by atoms with Crippen LogP contribution in [0.1, 0.15) is 11.5 Å². The zero-order chi connectivity index (χ0) is 14.7. The molecule has 0 atom stereocenters. The van der Waals surface area contributed by atoms with E-state index in [0.717, 1.165) is 11.3 Å². The summed E-state index contributed by atoms with van der Waals surface area (Å²) in [7, 11) is 1.62. The van der Waals surface area contributed by atoms with Gasteiger partial charge in [0.2, 0.25) is 5.89 Å². The van der Waals surface area contributed by atoms with E-state index in [1.54, 1.807) is 31.4 Å². The molecule has 2 aromatic carbocycles. The lowest BCUT2D eigenvalue weighted by molar-refractivity contribution is 0.414. The highest BCUT2D eigenvalue weighted by molar-refractivity contribution is 5.78. The highest BCUT2D eigenvalue weighted by Crippen LogP contribution is 2.15. The number of hydrogen-bond donors (Lipinski definition) is 0. The van der Waals surface area contributed by atoms with E-state index in [1.807, 2.05) is 36.4 Å².